The SMILES string of the molecule is C=C1/C(=C\C=C2CCC[C@@]3(C)C2CC[C@@H]3[C@H](C)CCCC(C)(O)CC(=O)O)C[C@@H](O)C[C@H]1O. The van der Waals surface area contributed by atoms with E-state index in [1.807, 2.05) is 0 Å². The second-order valence-electron chi connectivity index (χ2n) is 11.6. The molecule has 0 aromatic carbocycles. The van der Waals surface area contributed by atoms with Gasteiger partial charge in [-0.1, -0.05) is 51.0 Å². The molecule has 0 heterocycles. The van der Waals surface area contributed by atoms with Crippen LogP contribution in [0.1, 0.15) is 91.4 Å². The van der Waals surface area contributed by atoms with E-state index in [1.165, 1.54) is 31.3 Å². The van der Waals surface area contributed by atoms with Crippen LogP contribution < -0.4 is 0 Å². The molecule has 3 fully saturated rings. The highest BCUT2D eigenvalue weighted by molar-refractivity contribution is 5.67. The third-order valence-electron chi connectivity index (χ3n) is 8.90. The molecule has 33 heavy (non-hydrogen) atoms. The van der Waals surface area contributed by atoms with Gasteiger partial charge in [0.1, 0.15) is 0 Å². The smallest absolute Gasteiger partial charge is 0.306 e. The first-order chi connectivity index (χ1) is 15.4. The Labute approximate surface area is 199 Å². The second-order valence-corrected chi connectivity index (χ2v) is 11.6. The van der Waals surface area contributed by atoms with Gasteiger partial charge in [0.25, 0.3) is 0 Å². The summed E-state index contributed by atoms with van der Waals surface area (Å²) in [6.07, 6.45) is 12.3. The minimum Gasteiger partial charge on any atom is -0.481 e. The summed E-state index contributed by atoms with van der Waals surface area (Å²) < 4.78 is 0. The number of allylic oxidation sites excluding steroid dienone is 3. The molecule has 2 unspecified atom stereocenters. The maximum absolute atomic E-state index is 11.0. The molecule has 0 aliphatic heterocycles. The first-order valence-corrected chi connectivity index (χ1v) is 12.8. The van der Waals surface area contributed by atoms with Gasteiger partial charge >= 0.3 is 5.97 Å². The summed E-state index contributed by atoms with van der Waals surface area (Å²) in [7, 11) is 0. The van der Waals surface area contributed by atoms with E-state index in [4.69, 9.17) is 5.11 Å². The fraction of sp³-hybridized carbons (Fsp3) is 0.750. The number of fused-ring (bicyclic) bond motifs is 1. The maximum Gasteiger partial charge on any atom is 0.306 e. The van der Waals surface area contributed by atoms with Crippen molar-refractivity contribution in [3.8, 4) is 0 Å². The highest BCUT2D eigenvalue weighted by Crippen LogP contribution is 2.60. The summed E-state index contributed by atoms with van der Waals surface area (Å²) in [6.45, 7) is 10.5. The molecule has 0 spiro atoms. The van der Waals surface area contributed by atoms with Gasteiger partial charge in [0.15, 0.2) is 0 Å². The lowest BCUT2D eigenvalue weighted by Gasteiger charge is -2.44. The van der Waals surface area contributed by atoms with Crippen LogP contribution in [0.15, 0.2) is 35.5 Å². The average Bonchev–Trinajstić information content (AvgIpc) is 3.06. The van der Waals surface area contributed by atoms with E-state index in [0.717, 1.165) is 30.4 Å². The largest absolute Gasteiger partial charge is 0.481 e. The third kappa shape index (κ3) is 6.17. The normalized spacial score (nSPS) is 37.7. The van der Waals surface area contributed by atoms with E-state index in [-0.39, 0.29) is 11.8 Å². The number of aliphatic hydroxyl groups excluding tert-OH is 2. The predicted molar refractivity (Wildman–Crippen MR) is 131 cm³/mol. The quantitative estimate of drug-likeness (QED) is 0.401. The number of hydrogen-bond donors (Lipinski definition) is 4. The average molecular weight is 461 g/mol. The zero-order chi connectivity index (χ0) is 24.4. The van der Waals surface area contributed by atoms with Gasteiger partial charge in [-0.25, -0.2) is 0 Å². The van der Waals surface area contributed by atoms with Crippen LogP contribution in [-0.2, 0) is 4.79 Å². The summed E-state index contributed by atoms with van der Waals surface area (Å²) in [5.74, 6) is 0.798. The van der Waals surface area contributed by atoms with Crippen molar-refractivity contribution in [2.45, 2.75) is 109 Å². The Morgan fingerprint density at radius 3 is 2.73 bits per heavy atom. The lowest BCUT2D eigenvalue weighted by Crippen LogP contribution is -2.36. The van der Waals surface area contributed by atoms with Crippen molar-refractivity contribution in [3.63, 3.8) is 0 Å². The van der Waals surface area contributed by atoms with Crippen molar-refractivity contribution in [2.75, 3.05) is 0 Å². The number of aliphatic carboxylic acids is 1. The van der Waals surface area contributed by atoms with Crippen molar-refractivity contribution in [1.82, 2.24) is 0 Å². The Bertz CT molecular complexity index is 794. The zero-order valence-corrected chi connectivity index (χ0v) is 20.7. The molecule has 0 amide bonds. The van der Waals surface area contributed by atoms with Gasteiger partial charge in [0.2, 0.25) is 0 Å². The molecule has 186 valence electrons. The predicted octanol–water partition coefficient (Wildman–Crippen LogP) is 5.16. The first kappa shape index (κ1) is 26.2. The van der Waals surface area contributed by atoms with E-state index in [0.29, 0.717) is 37.0 Å². The number of hydrogen-bond acceptors (Lipinski definition) is 4. The molecule has 5 nitrogen and oxygen atoms in total. The Hall–Kier alpha value is -1.43. The molecule has 4 N–H and O–H groups in total. The number of carboxylic acids is 1. The van der Waals surface area contributed by atoms with Gasteiger partial charge in [-0.3, -0.25) is 4.79 Å². The van der Waals surface area contributed by atoms with Gasteiger partial charge in [-0.15, -0.1) is 0 Å². The van der Waals surface area contributed by atoms with Gasteiger partial charge in [-0.05, 0) is 86.2 Å². The molecule has 0 saturated heterocycles. The summed E-state index contributed by atoms with van der Waals surface area (Å²) >= 11 is 0. The lowest BCUT2D eigenvalue weighted by molar-refractivity contribution is -0.142. The molecule has 3 aliphatic carbocycles. The van der Waals surface area contributed by atoms with Crippen LogP contribution >= 0.6 is 0 Å². The van der Waals surface area contributed by atoms with Crippen LogP contribution in [-0.4, -0.2) is 44.2 Å². The van der Waals surface area contributed by atoms with Crippen molar-refractivity contribution < 1.29 is 25.2 Å². The summed E-state index contributed by atoms with van der Waals surface area (Å²) in [5.41, 5.74) is 2.35. The minimum atomic E-state index is -1.13. The van der Waals surface area contributed by atoms with E-state index < -0.39 is 23.8 Å². The topological polar surface area (TPSA) is 98.0 Å². The summed E-state index contributed by atoms with van der Waals surface area (Å²) in [4.78, 5) is 11.0. The molecule has 7 atom stereocenters. The third-order valence-corrected chi connectivity index (χ3v) is 8.90. The van der Waals surface area contributed by atoms with E-state index >= 15 is 0 Å². The minimum absolute atomic E-state index is 0.200. The molecule has 3 aliphatic rings. The van der Waals surface area contributed by atoms with Gasteiger partial charge in [0.05, 0.1) is 24.2 Å². The van der Waals surface area contributed by atoms with Gasteiger partial charge in [-0.2, -0.15) is 0 Å². The lowest BCUT2D eigenvalue weighted by atomic mass is 9.60. The number of aliphatic hydroxyl groups is 3. The van der Waals surface area contributed by atoms with Crippen LogP contribution in [0, 0.1) is 23.2 Å². The molecular weight excluding hydrogens is 416 g/mol. The Balaban J connectivity index is 1.65. The Morgan fingerprint density at radius 2 is 2.03 bits per heavy atom. The van der Waals surface area contributed by atoms with Crippen LogP contribution in [0.5, 0.6) is 0 Å². The number of carboxylic acid groups (broad SMARTS) is 1. The fourth-order valence-electron chi connectivity index (χ4n) is 7.10. The van der Waals surface area contributed by atoms with E-state index in [1.54, 1.807) is 6.92 Å². The second kappa shape index (κ2) is 10.5. The number of rotatable bonds is 8. The van der Waals surface area contributed by atoms with Crippen molar-refractivity contribution in [2.24, 2.45) is 23.2 Å². The van der Waals surface area contributed by atoms with Crippen LogP contribution in [0.2, 0.25) is 0 Å². The molecule has 5 heteroatoms. The van der Waals surface area contributed by atoms with Crippen molar-refractivity contribution >= 4 is 5.97 Å². The molecule has 3 rings (SSSR count). The maximum atomic E-state index is 11.0. The molecule has 0 aromatic rings. The van der Waals surface area contributed by atoms with Crippen LogP contribution in [0.25, 0.3) is 0 Å². The molecular formula is C28H44O5. The van der Waals surface area contributed by atoms with Crippen molar-refractivity contribution in [1.29, 1.82) is 0 Å². The van der Waals surface area contributed by atoms with Crippen LogP contribution in [0.4, 0.5) is 0 Å². The standard InChI is InChI=1S/C28H44O5/c1-18(7-5-13-27(3,33)17-26(31)32)23-11-12-24-20(8-6-14-28(23,24)4)9-10-21-15-22(29)16-25(30)19(21)2/h9-10,18,22-25,29-30,33H,2,5-8,11-17H2,1,3-4H3,(H,31,32)/b20-9?,21-10-/t18-,22-,23-,24?,25-,27?,28-/m1/s1. The molecule has 0 radical (unpaired) electrons. The summed E-state index contributed by atoms with van der Waals surface area (Å²) in [6, 6.07) is 0. The Morgan fingerprint density at radius 1 is 1.30 bits per heavy atom. The fourth-order valence-corrected chi connectivity index (χ4v) is 7.10. The molecule has 0 bridgehead atoms. The zero-order valence-electron chi connectivity index (χ0n) is 20.7. The van der Waals surface area contributed by atoms with Crippen molar-refractivity contribution in [3.05, 3.63) is 35.5 Å². The molecule has 3 saturated carbocycles. The van der Waals surface area contributed by atoms with E-state index in [9.17, 15) is 20.1 Å². The highest BCUT2D eigenvalue weighted by atomic mass is 16.4. The van der Waals surface area contributed by atoms with Gasteiger partial charge < -0.3 is 20.4 Å². The highest BCUT2D eigenvalue weighted by Gasteiger charge is 2.50. The summed E-state index contributed by atoms with van der Waals surface area (Å²) in [5, 5.41) is 39.5. The number of carbonyl (C=O) groups is 1. The first-order valence-electron chi connectivity index (χ1n) is 12.8. The van der Waals surface area contributed by atoms with Crippen LogP contribution in [0.3, 0.4) is 0 Å². The van der Waals surface area contributed by atoms with E-state index in [2.05, 4.69) is 32.6 Å². The Kier molecular flexibility index (Phi) is 8.29. The van der Waals surface area contributed by atoms with Gasteiger partial charge in [0, 0.05) is 6.42 Å². The molecule has 0 aromatic heterocycles. The monoisotopic (exact) mass is 460 g/mol.